The summed E-state index contributed by atoms with van der Waals surface area (Å²) in [5.41, 5.74) is 4.04. The van der Waals surface area contributed by atoms with Crippen LogP contribution in [-0.2, 0) is 4.79 Å². The fourth-order valence-corrected chi connectivity index (χ4v) is 2.69. The zero-order valence-electron chi connectivity index (χ0n) is 15.4. The highest BCUT2D eigenvalue weighted by Gasteiger charge is 2.09. The molecule has 0 bridgehead atoms. The lowest BCUT2D eigenvalue weighted by molar-refractivity contribution is -0.114. The molecule has 0 radical (unpaired) electrons. The van der Waals surface area contributed by atoms with Gasteiger partial charge in [-0.1, -0.05) is 23.7 Å². The summed E-state index contributed by atoms with van der Waals surface area (Å²) in [6, 6.07) is 16.0. The first kappa shape index (κ1) is 19.4. The molecule has 0 spiro atoms. The molecular formula is C21H19ClN4O2. The molecule has 0 saturated heterocycles. The van der Waals surface area contributed by atoms with Crippen molar-refractivity contribution < 1.29 is 9.59 Å². The number of hydrogen-bond donors (Lipinski definition) is 3. The van der Waals surface area contributed by atoms with Crippen LogP contribution in [0.25, 0.3) is 0 Å². The van der Waals surface area contributed by atoms with E-state index in [0.29, 0.717) is 16.4 Å². The zero-order chi connectivity index (χ0) is 20.1. The van der Waals surface area contributed by atoms with Crippen LogP contribution in [0.4, 0.5) is 22.7 Å². The Kier molecular flexibility index (Phi) is 5.91. The van der Waals surface area contributed by atoms with E-state index in [2.05, 4.69) is 20.9 Å². The third-order valence-corrected chi connectivity index (χ3v) is 4.30. The van der Waals surface area contributed by atoms with Gasteiger partial charge >= 0.3 is 0 Å². The average Bonchev–Trinajstić information content (AvgIpc) is 2.65. The molecule has 0 fully saturated rings. The molecule has 2 aromatic carbocycles. The molecule has 0 aliphatic heterocycles. The molecule has 28 heavy (non-hydrogen) atoms. The van der Waals surface area contributed by atoms with Gasteiger partial charge in [0.15, 0.2) is 0 Å². The van der Waals surface area contributed by atoms with E-state index >= 15 is 0 Å². The van der Waals surface area contributed by atoms with Crippen LogP contribution in [0.3, 0.4) is 0 Å². The molecule has 7 heteroatoms. The summed E-state index contributed by atoms with van der Waals surface area (Å²) in [6.07, 6.45) is 1.57. The summed E-state index contributed by atoms with van der Waals surface area (Å²) in [7, 11) is 0. The third-order valence-electron chi connectivity index (χ3n) is 3.90. The molecule has 142 valence electrons. The Bertz CT molecular complexity index is 1020. The summed E-state index contributed by atoms with van der Waals surface area (Å²) < 4.78 is 0. The van der Waals surface area contributed by atoms with Gasteiger partial charge in [0.25, 0.3) is 5.91 Å². The van der Waals surface area contributed by atoms with E-state index in [9.17, 15) is 9.59 Å². The lowest BCUT2D eigenvalue weighted by atomic mass is 10.2. The number of carbonyl (C=O) groups excluding carboxylic acids is 2. The highest BCUT2D eigenvalue weighted by Crippen LogP contribution is 2.22. The summed E-state index contributed by atoms with van der Waals surface area (Å²) in [5.74, 6) is -0.455. The van der Waals surface area contributed by atoms with Crippen LogP contribution in [0.5, 0.6) is 0 Å². The molecule has 0 saturated carbocycles. The number of benzene rings is 2. The highest BCUT2D eigenvalue weighted by molar-refractivity contribution is 6.31. The van der Waals surface area contributed by atoms with Gasteiger partial charge < -0.3 is 16.0 Å². The van der Waals surface area contributed by atoms with E-state index in [4.69, 9.17) is 11.6 Å². The Morgan fingerprint density at radius 1 is 0.893 bits per heavy atom. The van der Waals surface area contributed by atoms with E-state index in [-0.39, 0.29) is 17.5 Å². The average molecular weight is 395 g/mol. The molecule has 1 heterocycles. The van der Waals surface area contributed by atoms with Crippen molar-refractivity contribution in [2.45, 2.75) is 13.8 Å². The highest BCUT2D eigenvalue weighted by atomic mass is 35.5. The molecule has 1 aromatic heterocycles. The lowest BCUT2D eigenvalue weighted by Crippen LogP contribution is -2.13. The van der Waals surface area contributed by atoms with Crippen LogP contribution in [0.15, 0.2) is 60.8 Å². The van der Waals surface area contributed by atoms with E-state index in [0.717, 1.165) is 16.9 Å². The quantitative estimate of drug-likeness (QED) is 0.568. The maximum atomic E-state index is 12.3. The second-order valence-corrected chi connectivity index (χ2v) is 6.64. The number of aryl methyl sites for hydroxylation is 1. The molecular weight excluding hydrogens is 376 g/mol. The zero-order valence-corrected chi connectivity index (χ0v) is 16.2. The first-order valence-electron chi connectivity index (χ1n) is 8.59. The number of anilines is 4. The standard InChI is InChI=1S/C21H19ClN4O2/c1-13-6-7-17(11-19(13)22)26-21(28)20-9-8-18(12-23-20)25-16-5-3-4-15(10-16)24-14(2)27/h3-12,25H,1-2H3,(H,24,27)(H,26,28). The summed E-state index contributed by atoms with van der Waals surface area (Å²) in [5, 5.41) is 9.28. The van der Waals surface area contributed by atoms with Crippen molar-refractivity contribution in [3.05, 3.63) is 77.1 Å². The minimum atomic E-state index is -0.320. The first-order valence-corrected chi connectivity index (χ1v) is 8.97. The maximum Gasteiger partial charge on any atom is 0.274 e. The molecule has 3 rings (SSSR count). The predicted octanol–water partition coefficient (Wildman–Crippen LogP) is 5.00. The van der Waals surface area contributed by atoms with Crippen LogP contribution in [0.1, 0.15) is 23.0 Å². The Hall–Kier alpha value is -3.38. The number of nitrogens with one attached hydrogen (secondary N) is 3. The number of halogens is 1. The predicted molar refractivity (Wildman–Crippen MR) is 112 cm³/mol. The lowest BCUT2D eigenvalue weighted by Gasteiger charge is -2.10. The minimum absolute atomic E-state index is 0.135. The van der Waals surface area contributed by atoms with Crippen LogP contribution >= 0.6 is 11.6 Å². The van der Waals surface area contributed by atoms with Crippen molar-refractivity contribution in [2.24, 2.45) is 0 Å². The van der Waals surface area contributed by atoms with Crippen molar-refractivity contribution in [3.8, 4) is 0 Å². The van der Waals surface area contributed by atoms with Crippen LogP contribution in [-0.4, -0.2) is 16.8 Å². The molecule has 3 N–H and O–H groups in total. The smallest absolute Gasteiger partial charge is 0.274 e. The number of hydrogen-bond acceptors (Lipinski definition) is 4. The van der Waals surface area contributed by atoms with Crippen LogP contribution < -0.4 is 16.0 Å². The first-order chi connectivity index (χ1) is 13.4. The van der Waals surface area contributed by atoms with Gasteiger partial charge in [-0.05, 0) is 55.0 Å². The van der Waals surface area contributed by atoms with Crippen molar-refractivity contribution in [2.75, 3.05) is 16.0 Å². The van der Waals surface area contributed by atoms with Crippen molar-refractivity contribution >= 4 is 46.2 Å². The topological polar surface area (TPSA) is 83.1 Å². The molecule has 3 aromatic rings. The van der Waals surface area contributed by atoms with Gasteiger partial charge in [0.05, 0.1) is 11.9 Å². The Labute approximate surface area is 168 Å². The monoisotopic (exact) mass is 394 g/mol. The fraction of sp³-hybridized carbons (Fsp3) is 0.0952. The molecule has 0 unspecified atom stereocenters. The van der Waals surface area contributed by atoms with Crippen molar-refractivity contribution in [1.82, 2.24) is 4.98 Å². The molecule has 2 amide bonds. The fourth-order valence-electron chi connectivity index (χ4n) is 2.51. The summed E-state index contributed by atoms with van der Waals surface area (Å²) >= 11 is 6.08. The Balaban J connectivity index is 1.66. The maximum absolute atomic E-state index is 12.3. The summed E-state index contributed by atoms with van der Waals surface area (Å²) in [4.78, 5) is 27.7. The second kappa shape index (κ2) is 8.54. The van der Waals surface area contributed by atoms with Gasteiger partial charge in [-0.25, -0.2) is 4.98 Å². The van der Waals surface area contributed by atoms with Gasteiger partial charge in [-0.15, -0.1) is 0 Å². The van der Waals surface area contributed by atoms with Crippen molar-refractivity contribution in [1.29, 1.82) is 0 Å². The van der Waals surface area contributed by atoms with E-state index in [1.165, 1.54) is 6.92 Å². The van der Waals surface area contributed by atoms with Gasteiger partial charge in [-0.3, -0.25) is 9.59 Å². The van der Waals surface area contributed by atoms with Crippen molar-refractivity contribution in [3.63, 3.8) is 0 Å². The molecule has 6 nitrogen and oxygen atoms in total. The SMILES string of the molecule is CC(=O)Nc1cccc(Nc2ccc(C(=O)Nc3ccc(C)c(Cl)c3)nc2)c1. The number of carbonyl (C=O) groups is 2. The Morgan fingerprint density at radius 3 is 2.29 bits per heavy atom. The molecule has 0 atom stereocenters. The number of aromatic nitrogens is 1. The van der Waals surface area contributed by atoms with Gasteiger partial charge in [-0.2, -0.15) is 0 Å². The number of pyridine rings is 1. The number of rotatable bonds is 5. The van der Waals surface area contributed by atoms with Gasteiger partial charge in [0.1, 0.15) is 5.69 Å². The largest absolute Gasteiger partial charge is 0.354 e. The third kappa shape index (κ3) is 5.08. The number of amides is 2. The van der Waals surface area contributed by atoms with Gasteiger partial charge in [0.2, 0.25) is 5.91 Å². The Morgan fingerprint density at radius 2 is 1.61 bits per heavy atom. The van der Waals surface area contributed by atoms with E-state index < -0.39 is 0 Å². The van der Waals surface area contributed by atoms with Crippen LogP contribution in [0.2, 0.25) is 5.02 Å². The van der Waals surface area contributed by atoms with Gasteiger partial charge in [0, 0.05) is 29.0 Å². The summed E-state index contributed by atoms with van der Waals surface area (Å²) in [6.45, 7) is 3.35. The normalized spacial score (nSPS) is 10.2. The van der Waals surface area contributed by atoms with E-state index in [1.54, 1.807) is 36.5 Å². The molecule has 0 aliphatic carbocycles. The molecule has 0 aliphatic rings. The number of nitrogens with zero attached hydrogens (tertiary/aromatic N) is 1. The second-order valence-electron chi connectivity index (χ2n) is 6.24. The minimum Gasteiger partial charge on any atom is -0.354 e. The van der Waals surface area contributed by atoms with E-state index in [1.807, 2.05) is 31.2 Å². The van der Waals surface area contributed by atoms with Crippen LogP contribution in [0, 0.1) is 6.92 Å².